The van der Waals surface area contributed by atoms with Crippen LogP contribution in [0.2, 0.25) is 0 Å². The highest BCUT2D eigenvalue weighted by molar-refractivity contribution is 7.09. The van der Waals surface area contributed by atoms with Crippen LogP contribution in [0.3, 0.4) is 0 Å². The topological polar surface area (TPSA) is 33.2 Å². The number of carbonyl (C=O) groups is 1. The van der Waals surface area contributed by atoms with Crippen molar-refractivity contribution in [1.82, 2.24) is 9.88 Å². The van der Waals surface area contributed by atoms with Crippen LogP contribution in [0.5, 0.6) is 0 Å². The molecule has 1 aromatic rings. The summed E-state index contributed by atoms with van der Waals surface area (Å²) < 4.78 is 0. The van der Waals surface area contributed by atoms with Crippen LogP contribution in [0.4, 0.5) is 0 Å². The minimum atomic E-state index is 0.219. The molecule has 1 fully saturated rings. The molecular weight excluding hydrogens is 280 g/mol. The summed E-state index contributed by atoms with van der Waals surface area (Å²) in [4.78, 5) is 19.5. The van der Waals surface area contributed by atoms with Crippen LogP contribution in [-0.2, 0) is 11.2 Å². The monoisotopic (exact) mass is 304 g/mol. The van der Waals surface area contributed by atoms with Gasteiger partial charge in [-0.15, -0.1) is 11.3 Å². The number of allylic oxidation sites excluding steroid dienone is 2. The third kappa shape index (κ3) is 3.37. The summed E-state index contributed by atoms with van der Waals surface area (Å²) in [5.41, 5.74) is 1.19. The SMILES string of the molecule is CCc1csc([C@@H]2CCCN(C(=O)[C@@H]3CC=CCC3)C2)n1. The van der Waals surface area contributed by atoms with Crippen LogP contribution < -0.4 is 0 Å². The zero-order valence-electron chi connectivity index (χ0n) is 12.8. The molecule has 0 saturated carbocycles. The summed E-state index contributed by atoms with van der Waals surface area (Å²) in [6, 6.07) is 0. The van der Waals surface area contributed by atoms with E-state index in [0.717, 1.165) is 45.2 Å². The van der Waals surface area contributed by atoms with Crippen molar-refractivity contribution < 1.29 is 4.79 Å². The molecule has 0 bridgehead atoms. The fourth-order valence-corrected chi connectivity index (χ4v) is 4.36. The van der Waals surface area contributed by atoms with Crippen LogP contribution in [-0.4, -0.2) is 28.9 Å². The zero-order valence-corrected chi connectivity index (χ0v) is 13.6. The summed E-state index contributed by atoms with van der Waals surface area (Å²) in [7, 11) is 0. The first-order chi connectivity index (χ1) is 10.3. The van der Waals surface area contributed by atoms with E-state index in [1.165, 1.54) is 17.1 Å². The van der Waals surface area contributed by atoms with Gasteiger partial charge in [-0.05, 0) is 38.5 Å². The number of carbonyl (C=O) groups excluding carboxylic acids is 1. The number of rotatable bonds is 3. The predicted octanol–water partition coefficient (Wildman–Crippen LogP) is 3.77. The standard InChI is InChI=1S/C17H24N2OS/c1-2-15-12-21-16(18-15)14-9-6-10-19(11-14)17(20)13-7-4-3-5-8-13/h3-4,12-14H,2,5-11H2,1H3/t13-,14-/m1/s1. The number of hydrogen-bond acceptors (Lipinski definition) is 3. The summed E-state index contributed by atoms with van der Waals surface area (Å²) in [6.07, 6.45) is 10.7. The molecule has 21 heavy (non-hydrogen) atoms. The Hall–Kier alpha value is -1.16. The van der Waals surface area contributed by atoms with Gasteiger partial charge in [-0.1, -0.05) is 19.1 Å². The van der Waals surface area contributed by atoms with Gasteiger partial charge in [0.2, 0.25) is 5.91 Å². The van der Waals surface area contributed by atoms with Crippen LogP contribution in [0.1, 0.15) is 55.6 Å². The van der Waals surface area contributed by atoms with Crippen molar-refractivity contribution in [3.8, 4) is 0 Å². The van der Waals surface area contributed by atoms with Crippen LogP contribution >= 0.6 is 11.3 Å². The Kier molecular flexibility index (Phi) is 4.73. The summed E-state index contributed by atoms with van der Waals surface area (Å²) >= 11 is 1.77. The minimum Gasteiger partial charge on any atom is -0.342 e. The van der Waals surface area contributed by atoms with Gasteiger partial charge in [0, 0.05) is 30.3 Å². The van der Waals surface area contributed by atoms with E-state index in [9.17, 15) is 4.79 Å². The average Bonchev–Trinajstić information content (AvgIpc) is 3.04. The van der Waals surface area contributed by atoms with E-state index in [-0.39, 0.29) is 5.92 Å². The number of nitrogens with zero attached hydrogens (tertiary/aromatic N) is 2. The highest BCUT2D eigenvalue weighted by atomic mass is 32.1. The lowest BCUT2D eigenvalue weighted by molar-refractivity contribution is -0.137. The second-order valence-electron chi connectivity index (χ2n) is 6.14. The molecule has 1 aliphatic carbocycles. The molecule has 2 aliphatic rings. The quantitative estimate of drug-likeness (QED) is 0.796. The lowest BCUT2D eigenvalue weighted by atomic mass is 9.91. The van der Waals surface area contributed by atoms with Gasteiger partial charge in [-0.3, -0.25) is 4.79 Å². The Bertz CT molecular complexity index is 523. The molecule has 4 heteroatoms. The lowest BCUT2D eigenvalue weighted by Gasteiger charge is -2.34. The van der Waals surface area contributed by atoms with Crippen molar-refractivity contribution in [2.24, 2.45) is 5.92 Å². The molecule has 0 unspecified atom stereocenters. The first kappa shape index (κ1) is 14.8. The Morgan fingerprint density at radius 2 is 2.33 bits per heavy atom. The van der Waals surface area contributed by atoms with Gasteiger partial charge >= 0.3 is 0 Å². The van der Waals surface area contributed by atoms with E-state index >= 15 is 0 Å². The van der Waals surface area contributed by atoms with Gasteiger partial charge in [0.05, 0.1) is 10.7 Å². The van der Waals surface area contributed by atoms with Crippen molar-refractivity contribution in [1.29, 1.82) is 0 Å². The van der Waals surface area contributed by atoms with Crippen molar-refractivity contribution in [2.75, 3.05) is 13.1 Å². The highest BCUT2D eigenvalue weighted by Gasteiger charge is 2.30. The van der Waals surface area contributed by atoms with E-state index in [4.69, 9.17) is 4.98 Å². The Balaban J connectivity index is 1.64. The van der Waals surface area contributed by atoms with Gasteiger partial charge in [-0.2, -0.15) is 0 Å². The van der Waals surface area contributed by atoms with Crippen LogP contribution in [0.15, 0.2) is 17.5 Å². The van der Waals surface area contributed by atoms with Gasteiger partial charge in [0.1, 0.15) is 0 Å². The van der Waals surface area contributed by atoms with Crippen molar-refractivity contribution in [3.05, 3.63) is 28.2 Å². The van der Waals surface area contributed by atoms with E-state index in [1.807, 2.05) is 0 Å². The molecule has 114 valence electrons. The molecule has 1 saturated heterocycles. The summed E-state index contributed by atoms with van der Waals surface area (Å²) in [6.45, 7) is 3.95. The molecule has 3 nitrogen and oxygen atoms in total. The second-order valence-corrected chi connectivity index (χ2v) is 7.03. The minimum absolute atomic E-state index is 0.219. The lowest BCUT2D eigenvalue weighted by Crippen LogP contribution is -2.42. The number of thiazole rings is 1. The third-order valence-corrected chi connectivity index (χ3v) is 5.69. The molecule has 3 rings (SSSR count). The fraction of sp³-hybridized carbons (Fsp3) is 0.647. The molecule has 1 amide bonds. The number of likely N-dealkylation sites (tertiary alicyclic amines) is 1. The molecule has 2 atom stereocenters. The first-order valence-electron chi connectivity index (χ1n) is 8.16. The van der Waals surface area contributed by atoms with Crippen molar-refractivity contribution >= 4 is 17.2 Å². The Morgan fingerprint density at radius 1 is 1.43 bits per heavy atom. The van der Waals surface area contributed by atoms with E-state index in [2.05, 4.69) is 29.4 Å². The molecule has 0 spiro atoms. The molecule has 0 N–H and O–H groups in total. The van der Waals surface area contributed by atoms with Gasteiger partial charge in [0.15, 0.2) is 0 Å². The van der Waals surface area contributed by atoms with Gasteiger partial charge < -0.3 is 4.90 Å². The molecule has 0 aromatic carbocycles. The molecular formula is C17H24N2OS. The normalized spacial score (nSPS) is 26.0. The third-order valence-electron chi connectivity index (χ3n) is 4.63. The second kappa shape index (κ2) is 6.73. The maximum atomic E-state index is 12.7. The number of aromatic nitrogens is 1. The smallest absolute Gasteiger partial charge is 0.226 e. The zero-order chi connectivity index (χ0) is 14.7. The Labute approximate surface area is 131 Å². The maximum absolute atomic E-state index is 12.7. The van der Waals surface area contributed by atoms with Gasteiger partial charge in [-0.25, -0.2) is 4.98 Å². The number of hydrogen-bond donors (Lipinski definition) is 0. The van der Waals surface area contributed by atoms with Crippen LogP contribution in [0, 0.1) is 5.92 Å². The average molecular weight is 304 g/mol. The fourth-order valence-electron chi connectivity index (χ4n) is 3.33. The maximum Gasteiger partial charge on any atom is 0.226 e. The van der Waals surface area contributed by atoms with Crippen LogP contribution in [0.25, 0.3) is 0 Å². The van der Waals surface area contributed by atoms with E-state index < -0.39 is 0 Å². The first-order valence-corrected chi connectivity index (χ1v) is 9.04. The van der Waals surface area contributed by atoms with E-state index in [1.54, 1.807) is 11.3 Å². The molecule has 1 aromatic heterocycles. The highest BCUT2D eigenvalue weighted by Crippen LogP contribution is 2.31. The summed E-state index contributed by atoms with van der Waals surface area (Å²) in [5.74, 6) is 1.04. The molecule has 0 radical (unpaired) electrons. The summed E-state index contributed by atoms with van der Waals surface area (Å²) in [5, 5.41) is 3.40. The Morgan fingerprint density at radius 3 is 3.05 bits per heavy atom. The molecule has 2 heterocycles. The molecule has 1 aliphatic heterocycles. The predicted molar refractivity (Wildman–Crippen MR) is 86.5 cm³/mol. The van der Waals surface area contributed by atoms with E-state index in [0.29, 0.717) is 11.8 Å². The van der Waals surface area contributed by atoms with Crippen molar-refractivity contribution in [3.63, 3.8) is 0 Å². The van der Waals surface area contributed by atoms with Gasteiger partial charge in [0.25, 0.3) is 0 Å². The number of amides is 1. The number of aryl methyl sites for hydroxylation is 1. The van der Waals surface area contributed by atoms with Crippen molar-refractivity contribution in [2.45, 2.75) is 51.4 Å². The number of piperidine rings is 1. The largest absolute Gasteiger partial charge is 0.342 e.